The molecule has 7 heteroatoms. The monoisotopic (exact) mass is 342 g/mol. The Kier molecular flexibility index (Phi) is 4.21. The fourth-order valence-corrected chi connectivity index (χ4v) is 4.62. The summed E-state index contributed by atoms with van der Waals surface area (Å²) in [5, 5.41) is 5.64. The first kappa shape index (κ1) is 14.8. The molecule has 21 heavy (non-hydrogen) atoms. The molecule has 0 unspecified atom stereocenters. The number of hydrogen-bond donors (Lipinski definition) is 2. The molecule has 2 aromatic rings. The minimum absolute atomic E-state index is 0.334. The predicted molar refractivity (Wildman–Crippen MR) is 86.4 cm³/mol. The Morgan fingerprint density at radius 1 is 1.29 bits per heavy atom. The molecule has 112 valence electrons. The average molecular weight is 343 g/mol. The summed E-state index contributed by atoms with van der Waals surface area (Å²) in [7, 11) is -3.58. The molecule has 3 rings (SSSR count). The van der Waals surface area contributed by atoms with Crippen molar-refractivity contribution in [3.05, 3.63) is 45.6 Å². The Balaban J connectivity index is 1.79. The maximum atomic E-state index is 12.5. The van der Waals surface area contributed by atoms with E-state index in [1.165, 1.54) is 24.2 Å². The molecular formula is C14H15ClN2O2S2. The summed E-state index contributed by atoms with van der Waals surface area (Å²) < 4.78 is 27.5. The highest BCUT2D eigenvalue weighted by Crippen LogP contribution is 2.27. The molecule has 1 aromatic heterocycles. The molecule has 2 N–H and O–H groups in total. The van der Waals surface area contributed by atoms with Gasteiger partial charge in [-0.3, -0.25) is 4.72 Å². The standard InChI is InChI=1S/C14H15ClN2O2S2/c15-10-2-1-3-12(8-10)17-21(18,19)14-6-7-20-13(14)9-16-11-4-5-11/h1-3,6-8,11,16-17H,4-5,9H2. The Labute approximate surface area is 133 Å². The van der Waals surface area contributed by atoms with Gasteiger partial charge in [0.2, 0.25) is 0 Å². The summed E-state index contributed by atoms with van der Waals surface area (Å²) in [6.45, 7) is 0.591. The van der Waals surface area contributed by atoms with Crippen LogP contribution in [0.4, 0.5) is 5.69 Å². The van der Waals surface area contributed by atoms with Crippen molar-refractivity contribution >= 4 is 38.6 Å². The molecule has 0 amide bonds. The number of rotatable bonds is 6. The van der Waals surface area contributed by atoms with E-state index in [4.69, 9.17) is 11.6 Å². The predicted octanol–water partition coefficient (Wildman–Crippen LogP) is 3.45. The quantitative estimate of drug-likeness (QED) is 0.845. The molecular weight excluding hydrogens is 328 g/mol. The van der Waals surface area contributed by atoms with E-state index in [1.54, 1.807) is 35.7 Å². The highest BCUT2D eigenvalue weighted by molar-refractivity contribution is 7.93. The smallest absolute Gasteiger partial charge is 0.263 e. The van der Waals surface area contributed by atoms with Gasteiger partial charge in [-0.2, -0.15) is 0 Å². The van der Waals surface area contributed by atoms with Crippen molar-refractivity contribution in [2.75, 3.05) is 4.72 Å². The fraction of sp³-hybridized carbons (Fsp3) is 0.286. The van der Waals surface area contributed by atoms with Crippen molar-refractivity contribution in [3.63, 3.8) is 0 Å². The summed E-state index contributed by atoms with van der Waals surface area (Å²) >= 11 is 7.33. The van der Waals surface area contributed by atoms with Gasteiger partial charge in [0, 0.05) is 22.5 Å². The second-order valence-electron chi connectivity index (χ2n) is 4.98. The van der Waals surface area contributed by atoms with Gasteiger partial charge in [-0.1, -0.05) is 17.7 Å². The lowest BCUT2D eigenvalue weighted by molar-refractivity contribution is 0.599. The number of thiophene rings is 1. The normalized spacial score (nSPS) is 15.1. The van der Waals surface area contributed by atoms with E-state index in [0.29, 0.717) is 28.2 Å². The minimum Gasteiger partial charge on any atom is -0.309 e. The van der Waals surface area contributed by atoms with Gasteiger partial charge in [0.05, 0.1) is 5.69 Å². The van der Waals surface area contributed by atoms with Gasteiger partial charge in [0.25, 0.3) is 10.0 Å². The molecule has 1 aliphatic carbocycles. The van der Waals surface area contributed by atoms with E-state index in [2.05, 4.69) is 10.0 Å². The zero-order valence-corrected chi connectivity index (χ0v) is 13.6. The number of hydrogen-bond acceptors (Lipinski definition) is 4. The third kappa shape index (κ3) is 3.77. The molecule has 0 bridgehead atoms. The minimum atomic E-state index is -3.58. The zero-order chi connectivity index (χ0) is 14.9. The van der Waals surface area contributed by atoms with Crippen LogP contribution in [-0.4, -0.2) is 14.5 Å². The molecule has 0 spiro atoms. The number of benzene rings is 1. The highest BCUT2D eigenvalue weighted by atomic mass is 35.5. The van der Waals surface area contributed by atoms with Gasteiger partial charge in [0.1, 0.15) is 4.90 Å². The summed E-state index contributed by atoms with van der Waals surface area (Å²) in [5.41, 5.74) is 0.467. The SMILES string of the molecule is O=S(=O)(Nc1cccc(Cl)c1)c1ccsc1CNC1CC1. The molecule has 4 nitrogen and oxygen atoms in total. The van der Waals surface area contributed by atoms with Crippen molar-refractivity contribution in [2.45, 2.75) is 30.3 Å². The Morgan fingerprint density at radius 3 is 2.81 bits per heavy atom. The van der Waals surface area contributed by atoms with Crippen molar-refractivity contribution in [3.8, 4) is 0 Å². The topological polar surface area (TPSA) is 58.2 Å². The molecule has 0 atom stereocenters. The van der Waals surface area contributed by atoms with Crippen molar-refractivity contribution in [1.82, 2.24) is 5.32 Å². The fourth-order valence-electron chi connectivity index (χ4n) is 1.98. The molecule has 1 fully saturated rings. The van der Waals surface area contributed by atoms with E-state index < -0.39 is 10.0 Å². The van der Waals surface area contributed by atoms with Gasteiger partial charge in [-0.05, 0) is 42.5 Å². The van der Waals surface area contributed by atoms with Crippen LogP contribution in [0, 0.1) is 0 Å². The van der Waals surface area contributed by atoms with E-state index in [0.717, 1.165) is 4.88 Å². The number of halogens is 1. The van der Waals surface area contributed by atoms with Crippen LogP contribution in [-0.2, 0) is 16.6 Å². The highest BCUT2D eigenvalue weighted by Gasteiger charge is 2.24. The van der Waals surface area contributed by atoms with Crippen LogP contribution in [0.25, 0.3) is 0 Å². The lowest BCUT2D eigenvalue weighted by atomic mass is 10.3. The third-order valence-electron chi connectivity index (χ3n) is 3.20. The lowest BCUT2D eigenvalue weighted by Gasteiger charge is -2.09. The molecule has 1 saturated carbocycles. The van der Waals surface area contributed by atoms with Crippen LogP contribution in [0.2, 0.25) is 5.02 Å². The van der Waals surface area contributed by atoms with Crippen LogP contribution in [0.1, 0.15) is 17.7 Å². The first-order valence-electron chi connectivity index (χ1n) is 6.63. The Morgan fingerprint density at radius 2 is 2.10 bits per heavy atom. The molecule has 0 saturated heterocycles. The molecule has 1 aromatic carbocycles. The van der Waals surface area contributed by atoms with Crippen LogP contribution in [0.15, 0.2) is 40.6 Å². The number of anilines is 1. The number of sulfonamides is 1. The maximum absolute atomic E-state index is 12.5. The van der Waals surface area contributed by atoms with E-state index in [1.807, 2.05) is 0 Å². The first-order valence-corrected chi connectivity index (χ1v) is 9.37. The van der Waals surface area contributed by atoms with Crippen LogP contribution in [0.5, 0.6) is 0 Å². The molecule has 0 aliphatic heterocycles. The summed E-state index contributed by atoms with van der Waals surface area (Å²) in [5.74, 6) is 0. The average Bonchev–Trinajstić information content (AvgIpc) is 3.12. The summed E-state index contributed by atoms with van der Waals surface area (Å²) in [6, 6.07) is 8.87. The molecule has 0 radical (unpaired) electrons. The first-order chi connectivity index (χ1) is 10.0. The van der Waals surface area contributed by atoms with E-state index >= 15 is 0 Å². The lowest BCUT2D eigenvalue weighted by Crippen LogP contribution is -2.18. The summed E-state index contributed by atoms with van der Waals surface area (Å²) in [6.07, 6.45) is 2.35. The Bertz CT molecular complexity index is 739. The van der Waals surface area contributed by atoms with Gasteiger partial charge in [0.15, 0.2) is 0 Å². The maximum Gasteiger partial charge on any atom is 0.263 e. The van der Waals surface area contributed by atoms with Gasteiger partial charge in [-0.15, -0.1) is 11.3 Å². The van der Waals surface area contributed by atoms with Crippen LogP contribution in [0.3, 0.4) is 0 Å². The van der Waals surface area contributed by atoms with Crippen molar-refractivity contribution in [2.24, 2.45) is 0 Å². The second kappa shape index (κ2) is 5.96. The second-order valence-corrected chi connectivity index (χ2v) is 8.07. The van der Waals surface area contributed by atoms with Crippen LogP contribution >= 0.6 is 22.9 Å². The zero-order valence-electron chi connectivity index (χ0n) is 11.2. The largest absolute Gasteiger partial charge is 0.309 e. The molecule has 1 aliphatic rings. The molecule has 1 heterocycles. The van der Waals surface area contributed by atoms with E-state index in [-0.39, 0.29) is 0 Å². The van der Waals surface area contributed by atoms with Crippen molar-refractivity contribution in [1.29, 1.82) is 0 Å². The van der Waals surface area contributed by atoms with Crippen molar-refractivity contribution < 1.29 is 8.42 Å². The third-order valence-corrected chi connectivity index (χ3v) is 5.95. The summed E-state index contributed by atoms with van der Waals surface area (Å²) in [4.78, 5) is 1.16. The van der Waals surface area contributed by atoms with E-state index in [9.17, 15) is 8.42 Å². The number of nitrogens with one attached hydrogen (secondary N) is 2. The Hall–Kier alpha value is -1.08. The van der Waals surface area contributed by atoms with Crippen LogP contribution < -0.4 is 10.0 Å². The van der Waals surface area contributed by atoms with Gasteiger partial charge < -0.3 is 5.32 Å². The van der Waals surface area contributed by atoms with Gasteiger partial charge >= 0.3 is 0 Å². The van der Waals surface area contributed by atoms with Gasteiger partial charge in [-0.25, -0.2) is 8.42 Å².